The minimum Gasteiger partial charge on any atom is -0.266 e. The van der Waals surface area contributed by atoms with Gasteiger partial charge in [-0.05, 0) is 45.8 Å². The average molecular weight is 487 g/mol. The van der Waals surface area contributed by atoms with Crippen molar-refractivity contribution in [3.05, 3.63) is 85.0 Å². The Labute approximate surface area is 179 Å². The summed E-state index contributed by atoms with van der Waals surface area (Å²) in [5, 5.41) is 9.83. The Bertz CT molecular complexity index is 1000. The molecule has 0 unspecified atom stereocenters. The molecule has 0 saturated heterocycles. The Morgan fingerprint density at radius 2 is 1.85 bits per heavy atom. The van der Waals surface area contributed by atoms with E-state index in [-0.39, 0.29) is 5.69 Å². The summed E-state index contributed by atoms with van der Waals surface area (Å²) in [5.74, 6) is -0.446. The molecule has 0 aliphatic heterocycles. The molecular weight excluding hydrogens is 474 g/mol. The molecule has 0 fully saturated rings. The van der Waals surface area contributed by atoms with Crippen molar-refractivity contribution in [1.29, 1.82) is 0 Å². The quantitative estimate of drug-likeness (QED) is 0.387. The highest BCUT2D eigenvalue weighted by Gasteiger charge is 2.15. The van der Waals surface area contributed by atoms with Crippen LogP contribution in [0.15, 0.2) is 58.2 Å². The number of rotatable bonds is 5. The number of hydrogen-bond donors (Lipinski definition) is 1. The predicted molar refractivity (Wildman–Crippen MR) is 112 cm³/mol. The van der Waals surface area contributed by atoms with E-state index < -0.39 is 5.91 Å². The van der Waals surface area contributed by atoms with Gasteiger partial charge in [0, 0.05) is 21.8 Å². The molecule has 5 nitrogen and oxygen atoms in total. The molecule has 1 aromatic heterocycles. The van der Waals surface area contributed by atoms with E-state index in [1.54, 1.807) is 41.2 Å². The third kappa shape index (κ3) is 5.32. The normalized spacial score (nSPS) is 11.1. The maximum atomic E-state index is 12.3. The van der Waals surface area contributed by atoms with Crippen molar-refractivity contribution in [3.63, 3.8) is 0 Å². The Kier molecular flexibility index (Phi) is 6.55. The largest absolute Gasteiger partial charge is 0.293 e. The van der Waals surface area contributed by atoms with Crippen molar-refractivity contribution in [1.82, 2.24) is 15.2 Å². The van der Waals surface area contributed by atoms with Crippen molar-refractivity contribution in [3.8, 4) is 0 Å². The molecule has 2 aromatic carbocycles. The first-order valence-corrected chi connectivity index (χ1v) is 9.61. The Morgan fingerprint density at radius 1 is 1.15 bits per heavy atom. The van der Waals surface area contributed by atoms with Crippen LogP contribution in [0.3, 0.4) is 0 Å². The van der Waals surface area contributed by atoms with Crippen LogP contribution in [0.1, 0.15) is 21.6 Å². The second-order valence-corrected chi connectivity index (χ2v) is 7.65. The van der Waals surface area contributed by atoms with E-state index >= 15 is 0 Å². The molecule has 27 heavy (non-hydrogen) atoms. The van der Waals surface area contributed by atoms with Gasteiger partial charge in [0.25, 0.3) is 5.91 Å². The molecule has 1 amide bonds. The molecule has 0 bridgehead atoms. The van der Waals surface area contributed by atoms with E-state index in [9.17, 15) is 4.79 Å². The summed E-state index contributed by atoms with van der Waals surface area (Å²) in [6.45, 7) is 0.507. The van der Waals surface area contributed by atoms with Crippen LogP contribution in [-0.2, 0) is 6.54 Å². The molecule has 0 radical (unpaired) electrons. The zero-order valence-corrected chi connectivity index (χ0v) is 17.5. The SMILES string of the molecule is O=C(NN=Cc1ccc(Cl)cc1Cl)c1nn(Cc2ccc(Cl)cc2)cc1Br. The van der Waals surface area contributed by atoms with Gasteiger partial charge in [-0.2, -0.15) is 10.2 Å². The van der Waals surface area contributed by atoms with Crippen LogP contribution < -0.4 is 5.43 Å². The van der Waals surface area contributed by atoms with Crippen LogP contribution in [0, 0.1) is 0 Å². The number of hydrogen-bond acceptors (Lipinski definition) is 3. The molecule has 1 heterocycles. The van der Waals surface area contributed by atoms with E-state index in [4.69, 9.17) is 34.8 Å². The fourth-order valence-electron chi connectivity index (χ4n) is 2.23. The number of carbonyl (C=O) groups is 1. The van der Waals surface area contributed by atoms with Crippen molar-refractivity contribution < 1.29 is 4.79 Å². The summed E-state index contributed by atoms with van der Waals surface area (Å²) >= 11 is 21.1. The first-order valence-electron chi connectivity index (χ1n) is 7.68. The lowest BCUT2D eigenvalue weighted by Crippen LogP contribution is -2.19. The van der Waals surface area contributed by atoms with Gasteiger partial charge in [0.05, 0.1) is 22.3 Å². The van der Waals surface area contributed by atoms with Crippen molar-refractivity contribution in [2.75, 3.05) is 0 Å². The van der Waals surface area contributed by atoms with Crippen LogP contribution in [0.5, 0.6) is 0 Å². The van der Waals surface area contributed by atoms with Gasteiger partial charge in [0.1, 0.15) is 0 Å². The van der Waals surface area contributed by atoms with Gasteiger partial charge < -0.3 is 0 Å². The lowest BCUT2D eigenvalue weighted by molar-refractivity contribution is 0.0948. The second kappa shape index (κ2) is 8.89. The highest BCUT2D eigenvalue weighted by Crippen LogP contribution is 2.20. The number of nitrogens with zero attached hydrogens (tertiary/aromatic N) is 3. The van der Waals surface area contributed by atoms with Gasteiger partial charge in [-0.3, -0.25) is 9.48 Å². The van der Waals surface area contributed by atoms with E-state index in [0.717, 1.165) is 5.56 Å². The Morgan fingerprint density at radius 3 is 2.56 bits per heavy atom. The number of carbonyl (C=O) groups excluding carboxylic acids is 1. The predicted octanol–water partition coefficient (Wildman–Crippen LogP) is 5.42. The molecule has 1 N–H and O–H groups in total. The van der Waals surface area contributed by atoms with Crippen LogP contribution in [0.25, 0.3) is 0 Å². The average Bonchev–Trinajstić information content (AvgIpc) is 2.99. The lowest BCUT2D eigenvalue weighted by atomic mass is 10.2. The molecule has 0 spiro atoms. The van der Waals surface area contributed by atoms with Gasteiger partial charge in [-0.15, -0.1) is 0 Å². The first-order chi connectivity index (χ1) is 12.9. The van der Waals surface area contributed by atoms with Gasteiger partial charge in [-0.1, -0.05) is 53.0 Å². The van der Waals surface area contributed by atoms with Gasteiger partial charge in [0.15, 0.2) is 5.69 Å². The first kappa shape index (κ1) is 19.9. The fraction of sp³-hybridized carbons (Fsp3) is 0.0556. The van der Waals surface area contributed by atoms with Crippen molar-refractivity contribution in [2.45, 2.75) is 6.54 Å². The summed E-state index contributed by atoms with van der Waals surface area (Å²) in [6, 6.07) is 12.4. The maximum absolute atomic E-state index is 12.3. The van der Waals surface area contributed by atoms with E-state index in [0.29, 0.717) is 31.6 Å². The fourth-order valence-corrected chi connectivity index (χ4v) is 3.31. The Hall–Kier alpha value is -1.86. The minimum atomic E-state index is -0.446. The minimum absolute atomic E-state index is 0.225. The summed E-state index contributed by atoms with van der Waals surface area (Å²) in [6.07, 6.45) is 3.17. The van der Waals surface area contributed by atoms with Gasteiger partial charge in [0.2, 0.25) is 0 Å². The third-order valence-electron chi connectivity index (χ3n) is 3.52. The van der Waals surface area contributed by atoms with Gasteiger partial charge in [-0.25, -0.2) is 5.43 Å². The van der Waals surface area contributed by atoms with Crippen LogP contribution in [0.4, 0.5) is 0 Å². The summed E-state index contributed by atoms with van der Waals surface area (Å²) in [5.41, 5.74) is 4.30. The maximum Gasteiger partial charge on any atom is 0.293 e. The van der Waals surface area contributed by atoms with Crippen molar-refractivity contribution >= 4 is 62.9 Å². The Balaban J connectivity index is 1.67. The number of benzene rings is 2. The van der Waals surface area contributed by atoms with Crippen molar-refractivity contribution in [2.24, 2.45) is 5.10 Å². The second-order valence-electron chi connectivity index (χ2n) is 5.51. The molecule has 0 aliphatic rings. The molecule has 0 saturated carbocycles. The number of halogens is 4. The lowest BCUT2D eigenvalue weighted by Gasteiger charge is -2.02. The van der Waals surface area contributed by atoms with Crippen LogP contribution >= 0.6 is 50.7 Å². The topological polar surface area (TPSA) is 59.3 Å². The number of hydrazone groups is 1. The molecule has 3 aromatic rings. The molecular formula is C18H12BrCl3N4O. The molecule has 138 valence electrons. The van der Waals surface area contributed by atoms with E-state index in [1.165, 1.54) is 6.21 Å². The van der Waals surface area contributed by atoms with Gasteiger partial charge >= 0.3 is 0 Å². The molecule has 0 atom stereocenters. The number of aromatic nitrogens is 2. The van der Waals surface area contributed by atoms with Crippen LogP contribution in [-0.4, -0.2) is 21.9 Å². The molecule has 9 heteroatoms. The summed E-state index contributed by atoms with van der Waals surface area (Å²) in [7, 11) is 0. The van der Waals surface area contributed by atoms with E-state index in [1.807, 2.05) is 12.1 Å². The smallest absolute Gasteiger partial charge is 0.266 e. The summed E-state index contributed by atoms with van der Waals surface area (Å²) < 4.78 is 2.22. The monoisotopic (exact) mass is 484 g/mol. The number of nitrogens with one attached hydrogen (secondary N) is 1. The standard InChI is InChI=1S/C18H12BrCl3N4O/c19-15-10-26(9-11-1-4-13(20)5-2-11)25-17(15)18(27)24-23-8-12-3-6-14(21)7-16(12)22/h1-8,10H,9H2,(H,24,27). The zero-order chi connectivity index (χ0) is 19.4. The molecule has 0 aliphatic carbocycles. The van der Waals surface area contributed by atoms with Crippen LogP contribution in [0.2, 0.25) is 15.1 Å². The zero-order valence-electron chi connectivity index (χ0n) is 13.7. The summed E-state index contributed by atoms with van der Waals surface area (Å²) in [4.78, 5) is 12.3. The highest BCUT2D eigenvalue weighted by molar-refractivity contribution is 9.10. The highest BCUT2D eigenvalue weighted by atomic mass is 79.9. The van der Waals surface area contributed by atoms with E-state index in [2.05, 4.69) is 31.6 Å². The molecule has 3 rings (SSSR count). The third-order valence-corrected chi connectivity index (χ3v) is 4.92. The number of amides is 1.